The molecule has 0 atom stereocenters. The number of nitrogens with zero attached hydrogens (tertiary/aromatic N) is 3. The summed E-state index contributed by atoms with van der Waals surface area (Å²) in [5.41, 5.74) is 3.20. The highest BCUT2D eigenvalue weighted by Crippen LogP contribution is 2.39. The molecular formula is C27H23ClFN3O3. The Kier molecular flexibility index (Phi) is 5.57. The Morgan fingerprint density at radius 2 is 1.83 bits per heavy atom. The molecule has 0 aliphatic carbocycles. The van der Waals surface area contributed by atoms with Gasteiger partial charge in [0.2, 0.25) is 12.7 Å². The topological polar surface area (TPSA) is 56.6 Å². The highest BCUT2D eigenvalue weighted by molar-refractivity contribution is 6.31. The van der Waals surface area contributed by atoms with Crippen LogP contribution in [0.2, 0.25) is 5.02 Å². The fraction of sp³-hybridized carbons (Fsp3) is 0.259. The van der Waals surface area contributed by atoms with Gasteiger partial charge in [0.25, 0.3) is 0 Å². The molecular weight excluding hydrogens is 469 g/mol. The molecule has 6 rings (SSSR count). The van der Waals surface area contributed by atoms with Crippen LogP contribution in [0, 0.1) is 5.82 Å². The highest BCUT2D eigenvalue weighted by Gasteiger charge is 2.28. The van der Waals surface area contributed by atoms with Gasteiger partial charge >= 0.3 is 0 Å². The second-order valence-electron chi connectivity index (χ2n) is 8.89. The summed E-state index contributed by atoms with van der Waals surface area (Å²) in [6.07, 6.45) is 1.84. The number of halogens is 2. The average Bonchev–Trinajstić information content (AvgIpc) is 3.49. The first kappa shape index (κ1) is 21.9. The van der Waals surface area contributed by atoms with Crippen LogP contribution < -0.4 is 9.47 Å². The van der Waals surface area contributed by atoms with Crippen LogP contribution in [-0.4, -0.2) is 40.2 Å². The molecule has 2 aliphatic rings. The molecule has 1 amide bonds. The van der Waals surface area contributed by atoms with Gasteiger partial charge < -0.3 is 18.9 Å². The number of carbonyl (C=O) groups is 1. The van der Waals surface area contributed by atoms with Crippen molar-refractivity contribution in [3.63, 3.8) is 0 Å². The minimum absolute atomic E-state index is 0.0742. The molecule has 1 fully saturated rings. The quantitative estimate of drug-likeness (QED) is 0.371. The first-order valence-electron chi connectivity index (χ1n) is 11.7. The first-order valence-corrected chi connectivity index (χ1v) is 12.0. The van der Waals surface area contributed by atoms with Crippen molar-refractivity contribution in [2.75, 3.05) is 19.9 Å². The van der Waals surface area contributed by atoms with Crippen molar-refractivity contribution in [1.29, 1.82) is 0 Å². The van der Waals surface area contributed by atoms with E-state index in [1.807, 2.05) is 41.3 Å². The molecule has 1 aromatic heterocycles. The van der Waals surface area contributed by atoms with Gasteiger partial charge in [-0.05, 0) is 54.8 Å². The third-order valence-corrected chi connectivity index (χ3v) is 7.13. The minimum atomic E-state index is -0.320. The van der Waals surface area contributed by atoms with E-state index in [2.05, 4.69) is 4.57 Å². The molecule has 0 bridgehead atoms. The Hall–Kier alpha value is -3.58. The predicted molar refractivity (Wildman–Crippen MR) is 131 cm³/mol. The number of rotatable bonds is 4. The number of hydrogen-bond acceptors (Lipinski definition) is 4. The summed E-state index contributed by atoms with van der Waals surface area (Å²) in [7, 11) is 0. The van der Waals surface area contributed by atoms with Crippen LogP contribution in [0.15, 0.2) is 60.7 Å². The zero-order valence-electron chi connectivity index (χ0n) is 18.9. The van der Waals surface area contributed by atoms with Crippen molar-refractivity contribution in [2.45, 2.75) is 25.3 Å². The molecule has 0 saturated carbocycles. The SMILES string of the molecule is O=C(Cc1ccccc1Cl)N1CCC(n2c(-c3ccc4c(c3)OCO4)nc3cc(F)ccc32)CC1. The van der Waals surface area contributed by atoms with Gasteiger partial charge in [0.1, 0.15) is 11.6 Å². The number of amides is 1. The van der Waals surface area contributed by atoms with Crippen LogP contribution in [0.1, 0.15) is 24.4 Å². The van der Waals surface area contributed by atoms with Crippen LogP contribution >= 0.6 is 11.6 Å². The Labute approximate surface area is 206 Å². The van der Waals surface area contributed by atoms with Crippen molar-refractivity contribution >= 4 is 28.5 Å². The standard InChI is InChI=1S/C27H23ClFN3O3/c28-21-4-2-1-3-17(21)14-26(33)31-11-9-20(10-12-31)32-23-7-6-19(29)15-22(23)30-27(32)18-5-8-24-25(13-18)35-16-34-24/h1-8,13,15,20H,9-12,14,16H2. The van der Waals surface area contributed by atoms with Crippen LogP contribution in [0.25, 0.3) is 22.4 Å². The maximum Gasteiger partial charge on any atom is 0.231 e. The Bertz CT molecular complexity index is 1430. The van der Waals surface area contributed by atoms with Gasteiger partial charge in [-0.2, -0.15) is 0 Å². The zero-order chi connectivity index (χ0) is 23.9. The molecule has 0 N–H and O–H groups in total. The molecule has 0 spiro atoms. The molecule has 178 valence electrons. The van der Waals surface area contributed by atoms with E-state index in [1.165, 1.54) is 12.1 Å². The molecule has 1 saturated heterocycles. The highest BCUT2D eigenvalue weighted by atomic mass is 35.5. The summed E-state index contributed by atoms with van der Waals surface area (Å²) in [5.74, 6) is 1.88. The number of ether oxygens (including phenoxy) is 2. The van der Waals surface area contributed by atoms with E-state index in [4.69, 9.17) is 26.1 Å². The fourth-order valence-electron chi connectivity index (χ4n) is 4.97. The van der Waals surface area contributed by atoms with Gasteiger partial charge in [-0.1, -0.05) is 29.8 Å². The van der Waals surface area contributed by atoms with Crippen molar-refractivity contribution in [1.82, 2.24) is 14.5 Å². The predicted octanol–water partition coefficient (Wildman–Crippen LogP) is 5.63. The van der Waals surface area contributed by atoms with Gasteiger partial charge in [0, 0.05) is 35.8 Å². The molecule has 6 nitrogen and oxygen atoms in total. The Morgan fingerprint density at radius 1 is 1.03 bits per heavy atom. The third kappa shape index (κ3) is 4.10. The maximum atomic E-state index is 14.0. The third-order valence-electron chi connectivity index (χ3n) is 6.76. The lowest BCUT2D eigenvalue weighted by atomic mass is 10.0. The maximum absolute atomic E-state index is 14.0. The van der Waals surface area contributed by atoms with Gasteiger partial charge in [-0.15, -0.1) is 0 Å². The van der Waals surface area contributed by atoms with Crippen molar-refractivity contribution in [3.05, 3.63) is 77.1 Å². The number of aromatic nitrogens is 2. The van der Waals surface area contributed by atoms with Gasteiger partial charge in [-0.3, -0.25) is 4.79 Å². The normalized spacial score (nSPS) is 15.7. The molecule has 3 heterocycles. The monoisotopic (exact) mass is 491 g/mol. The summed E-state index contributed by atoms with van der Waals surface area (Å²) in [6.45, 7) is 1.46. The lowest BCUT2D eigenvalue weighted by Crippen LogP contribution is -2.40. The molecule has 0 unspecified atom stereocenters. The van der Waals surface area contributed by atoms with E-state index in [-0.39, 0.29) is 24.6 Å². The average molecular weight is 492 g/mol. The van der Waals surface area contributed by atoms with E-state index >= 15 is 0 Å². The molecule has 2 aliphatic heterocycles. The Balaban J connectivity index is 1.28. The number of hydrogen-bond donors (Lipinski definition) is 0. The van der Waals surface area contributed by atoms with Gasteiger partial charge in [0.05, 0.1) is 17.5 Å². The van der Waals surface area contributed by atoms with E-state index in [0.717, 1.165) is 35.3 Å². The molecule has 4 aromatic rings. The smallest absolute Gasteiger partial charge is 0.231 e. The van der Waals surface area contributed by atoms with Gasteiger partial charge in [-0.25, -0.2) is 9.37 Å². The Morgan fingerprint density at radius 3 is 2.66 bits per heavy atom. The van der Waals surface area contributed by atoms with Crippen LogP contribution in [0.4, 0.5) is 4.39 Å². The van der Waals surface area contributed by atoms with Gasteiger partial charge in [0.15, 0.2) is 11.5 Å². The summed E-state index contributed by atoms with van der Waals surface area (Å²) >= 11 is 6.25. The second kappa shape index (κ2) is 8.89. The number of imidazole rings is 1. The summed E-state index contributed by atoms with van der Waals surface area (Å²) in [4.78, 5) is 19.6. The second-order valence-corrected chi connectivity index (χ2v) is 9.29. The number of carbonyl (C=O) groups excluding carboxylic acids is 1. The molecule has 8 heteroatoms. The van der Waals surface area contributed by atoms with E-state index in [0.29, 0.717) is 41.5 Å². The first-order chi connectivity index (χ1) is 17.1. The number of piperidine rings is 1. The lowest BCUT2D eigenvalue weighted by molar-refractivity contribution is -0.131. The molecule has 3 aromatic carbocycles. The number of fused-ring (bicyclic) bond motifs is 2. The number of benzene rings is 3. The molecule has 0 radical (unpaired) electrons. The summed E-state index contributed by atoms with van der Waals surface area (Å²) in [5, 5.41) is 0.612. The van der Waals surface area contributed by atoms with Crippen molar-refractivity contribution in [2.24, 2.45) is 0 Å². The largest absolute Gasteiger partial charge is 0.454 e. The van der Waals surface area contributed by atoms with Crippen molar-refractivity contribution in [3.8, 4) is 22.9 Å². The van der Waals surface area contributed by atoms with E-state index in [9.17, 15) is 9.18 Å². The summed E-state index contributed by atoms with van der Waals surface area (Å²) in [6, 6.07) is 18.0. The number of likely N-dealkylation sites (tertiary alicyclic amines) is 1. The van der Waals surface area contributed by atoms with Crippen LogP contribution in [-0.2, 0) is 11.2 Å². The van der Waals surface area contributed by atoms with Crippen molar-refractivity contribution < 1.29 is 18.7 Å². The molecule has 35 heavy (non-hydrogen) atoms. The fourth-order valence-corrected chi connectivity index (χ4v) is 5.17. The van der Waals surface area contributed by atoms with Crippen LogP contribution in [0.3, 0.4) is 0 Å². The van der Waals surface area contributed by atoms with E-state index < -0.39 is 0 Å². The minimum Gasteiger partial charge on any atom is -0.454 e. The van der Waals surface area contributed by atoms with E-state index in [1.54, 1.807) is 12.1 Å². The summed E-state index contributed by atoms with van der Waals surface area (Å²) < 4.78 is 27.2. The van der Waals surface area contributed by atoms with Crippen LogP contribution in [0.5, 0.6) is 11.5 Å². The zero-order valence-corrected chi connectivity index (χ0v) is 19.7. The lowest BCUT2D eigenvalue weighted by Gasteiger charge is -2.34.